The van der Waals surface area contributed by atoms with Crippen LogP contribution in [0.4, 0.5) is 0 Å². The summed E-state index contributed by atoms with van der Waals surface area (Å²) < 4.78 is 0. The Morgan fingerprint density at radius 1 is 1.35 bits per heavy atom. The summed E-state index contributed by atoms with van der Waals surface area (Å²) in [5.74, 6) is 1.14. The van der Waals surface area contributed by atoms with E-state index in [4.69, 9.17) is 0 Å². The number of nitrogens with one attached hydrogen (secondary N) is 1. The van der Waals surface area contributed by atoms with Crippen LogP contribution in [0.2, 0.25) is 0 Å². The van der Waals surface area contributed by atoms with Gasteiger partial charge in [-0.25, -0.2) is 0 Å². The fourth-order valence-electron chi connectivity index (χ4n) is 1.63. The minimum Gasteiger partial charge on any atom is -0.313 e. The zero-order chi connectivity index (χ0) is 12.3. The molecule has 0 spiro atoms. The zero-order valence-electron chi connectivity index (χ0n) is 10.7. The summed E-state index contributed by atoms with van der Waals surface area (Å²) in [5.41, 5.74) is 0. The van der Waals surface area contributed by atoms with Crippen molar-refractivity contribution in [3.05, 3.63) is 43.0 Å². The number of allylic oxidation sites excluding steroid dienone is 1. The second-order valence-electron chi connectivity index (χ2n) is 4.14. The van der Waals surface area contributed by atoms with E-state index in [9.17, 15) is 0 Å². The summed E-state index contributed by atoms with van der Waals surface area (Å²) in [5, 5.41) is 3.61. The van der Waals surface area contributed by atoms with Crippen molar-refractivity contribution in [3.8, 4) is 0 Å². The Kier molecular flexibility index (Phi) is 7.85. The summed E-state index contributed by atoms with van der Waals surface area (Å²) >= 11 is 1.93. The maximum Gasteiger partial charge on any atom is 0.0164 e. The third-order valence-electron chi connectivity index (χ3n) is 2.60. The SMILES string of the molecule is C=CCCC(CSc1ccccc1)NCCC. The van der Waals surface area contributed by atoms with Crippen LogP contribution in [0.25, 0.3) is 0 Å². The largest absolute Gasteiger partial charge is 0.313 e. The minimum absolute atomic E-state index is 0.596. The first-order valence-corrected chi connectivity index (χ1v) is 7.37. The number of thioether (sulfide) groups is 1. The maximum atomic E-state index is 3.80. The molecule has 0 aliphatic rings. The Hall–Kier alpha value is -0.730. The molecule has 2 heteroatoms. The molecule has 17 heavy (non-hydrogen) atoms. The molecule has 1 atom stereocenters. The first-order valence-electron chi connectivity index (χ1n) is 6.39. The highest BCUT2D eigenvalue weighted by atomic mass is 32.2. The number of benzene rings is 1. The molecule has 1 unspecified atom stereocenters. The molecule has 0 aliphatic heterocycles. The Morgan fingerprint density at radius 2 is 2.12 bits per heavy atom. The van der Waals surface area contributed by atoms with Crippen LogP contribution in [0.15, 0.2) is 47.9 Å². The lowest BCUT2D eigenvalue weighted by Crippen LogP contribution is -2.31. The predicted octanol–water partition coefficient (Wildman–Crippen LogP) is 4.11. The first-order chi connectivity index (χ1) is 8.36. The van der Waals surface area contributed by atoms with Gasteiger partial charge in [0.1, 0.15) is 0 Å². The van der Waals surface area contributed by atoms with Crippen molar-refractivity contribution in [3.63, 3.8) is 0 Å². The van der Waals surface area contributed by atoms with Crippen LogP contribution in [0.1, 0.15) is 26.2 Å². The van der Waals surface area contributed by atoms with Crippen LogP contribution >= 0.6 is 11.8 Å². The molecule has 1 aromatic rings. The average molecular weight is 249 g/mol. The van der Waals surface area contributed by atoms with E-state index in [0.29, 0.717) is 6.04 Å². The molecule has 0 aromatic heterocycles. The Balaban J connectivity index is 2.34. The van der Waals surface area contributed by atoms with Crippen LogP contribution in [-0.2, 0) is 0 Å². The quantitative estimate of drug-likeness (QED) is 0.522. The standard InChI is InChI=1S/C15H23NS/c1-3-5-9-14(16-12-4-2)13-17-15-10-7-6-8-11-15/h3,6-8,10-11,14,16H,1,4-5,9,12-13H2,2H3. The molecule has 1 nitrogen and oxygen atoms in total. The topological polar surface area (TPSA) is 12.0 Å². The predicted molar refractivity (Wildman–Crippen MR) is 78.7 cm³/mol. The van der Waals surface area contributed by atoms with Gasteiger partial charge in [-0.15, -0.1) is 18.3 Å². The van der Waals surface area contributed by atoms with E-state index in [0.717, 1.165) is 18.7 Å². The summed E-state index contributed by atoms with van der Waals surface area (Å²) in [4.78, 5) is 1.36. The van der Waals surface area contributed by atoms with Crippen molar-refractivity contribution in [2.75, 3.05) is 12.3 Å². The number of hydrogen-bond donors (Lipinski definition) is 1. The lowest BCUT2D eigenvalue weighted by Gasteiger charge is -2.17. The van der Waals surface area contributed by atoms with Gasteiger partial charge in [0, 0.05) is 16.7 Å². The second-order valence-corrected chi connectivity index (χ2v) is 5.23. The van der Waals surface area contributed by atoms with Crippen molar-refractivity contribution in [1.29, 1.82) is 0 Å². The fraction of sp³-hybridized carbons (Fsp3) is 0.467. The van der Waals surface area contributed by atoms with Crippen LogP contribution in [0.3, 0.4) is 0 Å². The molecule has 0 saturated heterocycles. The summed E-state index contributed by atoms with van der Waals surface area (Å²) in [6, 6.07) is 11.2. The van der Waals surface area contributed by atoms with Gasteiger partial charge in [0.2, 0.25) is 0 Å². The zero-order valence-corrected chi connectivity index (χ0v) is 11.5. The molecule has 0 bridgehead atoms. The molecular weight excluding hydrogens is 226 g/mol. The van der Waals surface area contributed by atoms with E-state index in [1.807, 2.05) is 17.8 Å². The van der Waals surface area contributed by atoms with Gasteiger partial charge in [-0.2, -0.15) is 0 Å². The molecule has 94 valence electrons. The van der Waals surface area contributed by atoms with Gasteiger partial charge in [0.25, 0.3) is 0 Å². The molecule has 0 aliphatic carbocycles. The van der Waals surface area contributed by atoms with E-state index < -0.39 is 0 Å². The van der Waals surface area contributed by atoms with Crippen molar-refractivity contribution in [2.45, 2.75) is 37.1 Å². The van der Waals surface area contributed by atoms with E-state index >= 15 is 0 Å². The highest BCUT2D eigenvalue weighted by molar-refractivity contribution is 7.99. The molecule has 1 aromatic carbocycles. The monoisotopic (exact) mass is 249 g/mol. The summed E-state index contributed by atoms with van der Waals surface area (Å²) in [6.07, 6.45) is 5.48. The molecule has 1 N–H and O–H groups in total. The third kappa shape index (κ3) is 6.54. The highest BCUT2D eigenvalue weighted by Crippen LogP contribution is 2.19. The molecule has 0 fully saturated rings. The molecule has 0 amide bonds. The average Bonchev–Trinajstić information content (AvgIpc) is 2.39. The Labute approximate surface area is 110 Å². The van der Waals surface area contributed by atoms with Gasteiger partial charge < -0.3 is 5.32 Å². The van der Waals surface area contributed by atoms with Crippen molar-refractivity contribution >= 4 is 11.8 Å². The number of rotatable bonds is 9. The lowest BCUT2D eigenvalue weighted by atomic mass is 10.2. The van der Waals surface area contributed by atoms with Gasteiger partial charge in [0.05, 0.1) is 0 Å². The molecule has 0 saturated carbocycles. The van der Waals surface area contributed by atoms with Crippen LogP contribution < -0.4 is 5.32 Å². The van der Waals surface area contributed by atoms with Gasteiger partial charge in [-0.05, 0) is 37.9 Å². The van der Waals surface area contributed by atoms with E-state index in [2.05, 4.69) is 49.2 Å². The Bertz CT molecular complexity index is 297. The normalized spacial score (nSPS) is 12.3. The molecular formula is C15H23NS. The summed E-state index contributed by atoms with van der Waals surface area (Å²) in [7, 11) is 0. The van der Waals surface area contributed by atoms with Crippen LogP contribution in [-0.4, -0.2) is 18.3 Å². The van der Waals surface area contributed by atoms with Crippen LogP contribution in [0, 0.1) is 0 Å². The van der Waals surface area contributed by atoms with Crippen LogP contribution in [0.5, 0.6) is 0 Å². The maximum absolute atomic E-state index is 3.80. The van der Waals surface area contributed by atoms with E-state index in [1.54, 1.807) is 0 Å². The highest BCUT2D eigenvalue weighted by Gasteiger charge is 2.07. The second kappa shape index (κ2) is 9.32. The smallest absolute Gasteiger partial charge is 0.0164 e. The fourth-order valence-corrected chi connectivity index (χ4v) is 2.65. The van der Waals surface area contributed by atoms with E-state index in [1.165, 1.54) is 17.7 Å². The summed E-state index contributed by atoms with van der Waals surface area (Å²) in [6.45, 7) is 7.12. The van der Waals surface area contributed by atoms with Crippen molar-refractivity contribution in [2.24, 2.45) is 0 Å². The minimum atomic E-state index is 0.596. The Morgan fingerprint density at radius 3 is 2.76 bits per heavy atom. The number of hydrogen-bond acceptors (Lipinski definition) is 2. The first kappa shape index (κ1) is 14.3. The molecule has 0 heterocycles. The van der Waals surface area contributed by atoms with Gasteiger partial charge in [-0.1, -0.05) is 31.2 Å². The van der Waals surface area contributed by atoms with E-state index in [-0.39, 0.29) is 0 Å². The van der Waals surface area contributed by atoms with Gasteiger partial charge >= 0.3 is 0 Å². The van der Waals surface area contributed by atoms with Crippen molar-refractivity contribution < 1.29 is 0 Å². The molecule has 0 radical (unpaired) electrons. The van der Waals surface area contributed by atoms with Crippen molar-refractivity contribution in [1.82, 2.24) is 5.32 Å². The lowest BCUT2D eigenvalue weighted by molar-refractivity contribution is 0.524. The molecule has 1 rings (SSSR count). The van der Waals surface area contributed by atoms with Gasteiger partial charge in [0.15, 0.2) is 0 Å². The third-order valence-corrected chi connectivity index (χ3v) is 3.77. The van der Waals surface area contributed by atoms with Gasteiger partial charge in [-0.3, -0.25) is 0 Å².